The van der Waals surface area contributed by atoms with E-state index in [1.54, 1.807) is 55.6 Å². The number of urea groups is 1. The summed E-state index contributed by atoms with van der Waals surface area (Å²) in [6.45, 7) is 1.92. The normalized spacial score (nSPS) is 13.2. The van der Waals surface area contributed by atoms with E-state index in [1.807, 2.05) is 6.92 Å². The Morgan fingerprint density at radius 1 is 1.14 bits per heavy atom. The number of primary amides is 1. The third kappa shape index (κ3) is 3.40. The van der Waals surface area contributed by atoms with Crippen molar-refractivity contribution in [3.05, 3.63) is 59.1 Å². The fourth-order valence-corrected chi connectivity index (χ4v) is 3.72. The molecule has 0 aliphatic heterocycles. The van der Waals surface area contributed by atoms with Gasteiger partial charge in [-0.2, -0.15) is 0 Å². The Kier molecular flexibility index (Phi) is 4.73. The molecule has 2 aromatic carbocycles. The first-order valence-electron chi connectivity index (χ1n) is 6.45. The van der Waals surface area contributed by atoms with E-state index in [1.165, 1.54) is 4.31 Å². The average Bonchev–Trinajstić information content (AvgIpc) is 2.47. The van der Waals surface area contributed by atoms with Crippen molar-refractivity contribution in [1.29, 1.82) is 0 Å². The predicted molar refractivity (Wildman–Crippen MR) is 89.5 cm³/mol. The number of nitrogens with two attached hydrogens (primary N) is 1. The van der Waals surface area contributed by atoms with Crippen molar-refractivity contribution in [3.8, 4) is 0 Å². The first-order chi connectivity index (χ1) is 10.3. The number of benzene rings is 2. The van der Waals surface area contributed by atoms with Crippen molar-refractivity contribution in [3.63, 3.8) is 0 Å². The average molecular weight is 338 g/mol. The number of carbonyl (C=O) groups excluding carboxylic acids is 1. The van der Waals surface area contributed by atoms with Crippen molar-refractivity contribution in [1.82, 2.24) is 0 Å². The molecule has 1 unspecified atom stereocenters. The highest BCUT2D eigenvalue weighted by Crippen LogP contribution is 2.25. The number of anilines is 1. The zero-order valence-electron chi connectivity index (χ0n) is 12.2. The molecule has 0 spiro atoms. The number of rotatable bonds is 3. The Balaban J connectivity index is 2.59. The molecule has 0 heterocycles. The number of carbonyl (C=O) groups is 1. The summed E-state index contributed by atoms with van der Waals surface area (Å²) in [7, 11) is -1.59. The number of halogens is 1. The van der Waals surface area contributed by atoms with E-state index in [9.17, 15) is 9.00 Å². The minimum Gasteiger partial charge on any atom is -0.349 e. The van der Waals surface area contributed by atoms with E-state index in [0.717, 1.165) is 5.56 Å². The van der Waals surface area contributed by atoms with Gasteiger partial charge in [-0.05, 0) is 43.3 Å². The number of hydrogen-bond acceptors (Lipinski definition) is 2. The van der Waals surface area contributed by atoms with Crippen LogP contribution in [0.5, 0.6) is 0 Å². The van der Waals surface area contributed by atoms with Crippen LogP contribution in [0.3, 0.4) is 0 Å². The highest BCUT2D eigenvalue weighted by atomic mass is 35.5. The van der Waals surface area contributed by atoms with Crippen molar-refractivity contribution in [2.24, 2.45) is 10.1 Å². The van der Waals surface area contributed by atoms with Gasteiger partial charge in [-0.1, -0.05) is 29.3 Å². The van der Waals surface area contributed by atoms with E-state index in [2.05, 4.69) is 4.36 Å². The lowest BCUT2D eigenvalue weighted by Gasteiger charge is -2.23. The molecular formula is C15H16ClN3O2S. The summed E-state index contributed by atoms with van der Waals surface area (Å²) in [4.78, 5) is 11.7. The van der Waals surface area contributed by atoms with Crippen molar-refractivity contribution in [2.75, 3.05) is 11.4 Å². The van der Waals surface area contributed by atoms with Crippen LogP contribution in [0.25, 0.3) is 0 Å². The summed E-state index contributed by atoms with van der Waals surface area (Å²) >= 11 is 5.86. The Hall–Kier alpha value is -2.05. The molecule has 116 valence electrons. The fraction of sp³-hybridized carbons (Fsp3) is 0.133. The van der Waals surface area contributed by atoms with Gasteiger partial charge in [-0.3, -0.25) is 4.31 Å². The largest absolute Gasteiger partial charge is 0.349 e. The molecular weight excluding hydrogens is 322 g/mol. The van der Waals surface area contributed by atoms with Gasteiger partial charge in [0.05, 0.1) is 10.6 Å². The molecule has 7 heteroatoms. The van der Waals surface area contributed by atoms with Gasteiger partial charge in [0.25, 0.3) is 0 Å². The molecule has 1 atom stereocenters. The first-order valence-corrected chi connectivity index (χ1v) is 8.30. The molecule has 22 heavy (non-hydrogen) atoms. The fourth-order valence-electron chi connectivity index (χ4n) is 1.90. The van der Waals surface area contributed by atoms with Crippen LogP contribution >= 0.6 is 11.6 Å². The SMILES string of the molecule is Cc1ccc(S(=O)(=NC(N)=O)N(C)c2ccc(Cl)cc2)cc1. The van der Waals surface area contributed by atoms with Gasteiger partial charge in [-0.15, -0.1) is 4.36 Å². The highest BCUT2D eigenvalue weighted by Gasteiger charge is 2.21. The molecule has 5 nitrogen and oxygen atoms in total. The van der Waals surface area contributed by atoms with Crippen LogP contribution in [0.15, 0.2) is 57.8 Å². The number of amides is 2. The van der Waals surface area contributed by atoms with Crippen LogP contribution in [0.1, 0.15) is 5.56 Å². The molecule has 2 N–H and O–H groups in total. The Morgan fingerprint density at radius 2 is 1.68 bits per heavy atom. The molecule has 2 aromatic rings. The third-order valence-electron chi connectivity index (χ3n) is 3.10. The van der Waals surface area contributed by atoms with Gasteiger partial charge in [0.1, 0.15) is 0 Å². The topological polar surface area (TPSA) is 75.8 Å². The van der Waals surface area contributed by atoms with Gasteiger partial charge < -0.3 is 5.73 Å². The number of aryl methyl sites for hydroxylation is 1. The van der Waals surface area contributed by atoms with Crippen LogP contribution < -0.4 is 10.0 Å². The van der Waals surface area contributed by atoms with E-state index in [-0.39, 0.29) is 0 Å². The lowest BCUT2D eigenvalue weighted by atomic mass is 10.2. The van der Waals surface area contributed by atoms with Crippen LogP contribution in [0.4, 0.5) is 10.5 Å². The minimum absolute atomic E-state index is 0.411. The van der Waals surface area contributed by atoms with Gasteiger partial charge in [0.2, 0.25) is 0 Å². The molecule has 0 aromatic heterocycles. The lowest BCUT2D eigenvalue weighted by Crippen LogP contribution is -2.28. The Labute approximate surface area is 135 Å². The molecule has 2 rings (SSSR count). The lowest BCUT2D eigenvalue weighted by molar-refractivity contribution is 0.257. The maximum Gasteiger partial charge on any atom is 0.348 e. The van der Waals surface area contributed by atoms with Gasteiger partial charge in [0, 0.05) is 12.1 Å². The maximum atomic E-state index is 13.3. The Bertz CT molecular complexity index is 795. The summed E-state index contributed by atoms with van der Waals surface area (Å²) in [5.74, 6) is 0. The monoisotopic (exact) mass is 337 g/mol. The van der Waals surface area contributed by atoms with Crippen molar-refractivity contribution >= 4 is 33.2 Å². The molecule has 0 radical (unpaired) electrons. The van der Waals surface area contributed by atoms with E-state index in [0.29, 0.717) is 15.6 Å². The number of hydrogen-bond donors (Lipinski definition) is 1. The Morgan fingerprint density at radius 3 is 2.18 bits per heavy atom. The smallest absolute Gasteiger partial charge is 0.348 e. The number of nitrogens with zero attached hydrogens (tertiary/aromatic N) is 2. The van der Waals surface area contributed by atoms with E-state index >= 15 is 0 Å². The van der Waals surface area contributed by atoms with Crippen LogP contribution in [-0.4, -0.2) is 17.3 Å². The first kappa shape index (κ1) is 16.3. The minimum atomic E-state index is -3.19. The quantitative estimate of drug-likeness (QED) is 0.928. The second kappa shape index (κ2) is 6.37. The highest BCUT2D eigenvalue weighted by molar-refractivity contribution is 7.95. The summed E-state index contributed by atoms with van der Waals surface area (Å²) in [6.07, 6.45) is 0. The van der Waals surface area contributed by atoms with Crippen molar-refractivity contribution < 1.29 is 9.00 Å². The van der Waals surface area contributed by atoms with E-state index < -0.39 is 15.9 Å². The zero-order valence-corrected chi connectivity index (χ0v) is 13.8. The molecule has 0 aliphatic rings. The van der Waals surface area contributed by atoms with Gasteiger partial charge in [0.15, 0.2) is 9.92 Å². The molecule has 0 bridgehead atoms. The summed E-state index contributed by atoms with van der Waals surface area (Å²) in [6, 6.07) is 12.7. The predicted octanol–water partition coefficient (Wildman–Crippen LogP) is 3.61. The molecule has 0 aliphatic carbocycles. The van der Waals surface area contributed by atoms with Gasteiger partial charge >= 0.3 is 6.03 Å². The van der Waals surface area contributed by atoms with Crippen LogP contribution in [-0.2, 0) is 9.92 Å². The summed E-state index contributed by atoms with van der Waals surface area (Å²) < 4.78 is 18.4. The second-order valence-corrected chi connectivity index (χ2v) is 7.34. The third-order valence-corrected chi connectivity index (χ3v) is 5.62. The molecule has 0 saturated heterocycles. The zero-order chi connectivity index (χ0) is 16.3. The van der Waals surface area contributed by atoms with Crippen LogP contribution in [0.2, 0.25) is 5.02 Å². The molecule has 0 saturated carbocycles. The standard InChI is InChI=1S/C15H16ClN3O2S/c1-11-3-9-14(10-4-11)22(21,18-15(17)20)19(2)13-7-5-12(16)6-8-13/h3-10H,1-2H3,(H2,17,20). The van der Waals surface area contributed by atoms with Crippen molar-refractivity contribution in [2.45, 2.75) is 11.8 Å². The van der Waals surface area contributed by atoms with Gasteiger partial charge in [-0.25, -0.2) is 9.00 Å². The second-order valence-electron chi connectivity index (χ2n) is 4.71. The maximum absolute atomic E-state index is 13.3. The van der Waals surface area contributed by atoms with Crippen LogP contribution in [0, 0.1) is 6.92 Å². The molecule has 0 fully saturated rings. The summed E-state index contributed by atoms with van der Waals surface area (Å²) in [5.41, 5.74) is 6.78. The van der Waals surface area contributed by atoms with E-state index in [4.69, 9.17) is 17.3 Å². The molecule has 2 amide bonds. The summed E-state index contributed by atoms with van der Waals surface area (Å²) in [5, 5.41) is 0.561.